The Bertz CT molecular complexity index is 438. The van der Waals surface area contributed by atoms with Gasteiger partial charge in [-0.25, -0.2) is 0 Å². The van der Waals surface area contributed by atoms with Gasteiger partial charge in [0.05, 0.1) is 11.1 Å². The van der Waals surface area contributed by atoms with Crippen molar-refractivity contribution in [2.24, 2.45) is 11.3 Å². The first-order valence-corrected chi connectivity index (χ1v) is 7.62. The number of fused-ring (bicyclic) bond motifs is 1. The van der Waals surface area contributed by atoms with Gasteiger partial charge in [-0.1, -0.05) is 31.5 Å². The van der Waals surface area contributed by atoms with Gasteiger partial charge < -0.3 is 5.32 Å². The quantitative estimate of drug-likeness (QED) is 0.672. The van der Waals surface area contributed by atoms with E-state index in [1.165, 1.54) is 57.1 Å². The number of hydrogen-bond acceptors (Lipinski definition) is 2. The monoisotopic (exact) mass is 260 g/mol. The van der Waals surface area contributed by atoms with Crippen molar-refractivity contribution in [3.8, 4) is 6.07 Å². The second-order valence-electron chi connectivity index (χ2n) is 5.93. The molecule has 1 saturated carbocycles. The molecule has 0 amide bonds. The molecule has 3 rings (SSSR count). The first kappa shape index (κ1) is 12.2. The largest absolute Gasteiger partial charge is 0.352 e. The Kier molecular flexibility index (Phi) is 3.15. The van der Waals surface area contributed by atoms with Crippen molar-refractivity contribution in [3.05, 3.63) is 11.3 Å². The molecule has 1 heterocycles. The molecule has 18 heavy (non-hydrogen) atoms. The van der Waals surface area contributed by atoms with E-state index in [9.17, 15) is 5.26 Å². The zero-order valence-corrected chi connectivity index (χ0v) is 11.6. The summed E-state index contributed by atoms with van der Waals surface area (Å²) >= 11 is 5.48. The fraction of sp³-hybridized carbons (Fsp3) is 0.733. The van der Waals surface area contributed by atoms with Gasteiger partial charge in [-0.15, -0.1) is 0 Å². The number of rotatable bonds is 0. The van der Waals surface area contributed by atoms with E-state index in [4.69, 9.17) is 12.2 Å². The summed E-state index contributed by atoms with van der Waals surface area (Å²) in [6.07, 6.45) is 11.1. The van der Waals surface area contributed by atoms with Crippen LogP contribution in [0.15, 0.2) is 11.3 Å². The molecule has 0 aromatic rings. The molecule has 3 aliphatic rings. The first-order chi connectivity index (χ1) is 8.78. The van der Waals surface area contributed by atoms with Gasteiger partial charge in [0.15, 0.2) is 0 Å². The lowest BCUT2D eigenvalue weighted by atomic mass is 9.58. The summed E-state index contributed by atoms with van der Waals surface area (Å²) in [6, 6.07) is 2.51. The molecule has 0 aromatic carbocycles. The lowest BCUT2D eigenvalue weighted by Gasteiger charge is -2.48. The van der Waals surface area contributed by atoms with Crippen molar-refractivity contribution in [2.45, 2.75) is 57.8 Å². The van der Waals surface area contributed by atoms with Gasteiger partial charge in [-0.3, -0.25) is 0 Å². The molecule has 1 aliphatic heterocycles. The molecule has 3 heteroatoms. The van der Waals surface area contributed by atoms with Crippen LogP contribution in [0.25, 0.3) is 0 Å². The van der Waals surface area contributed by atoms with E-state index in [1.54, 1.807) is 5.57 Å². The average Bonchev–Trinajstić information content (AvgIpc) is 2.40. The van der Waals surface area contributed by atoms with Gasteiger partial charge in [0.25, 0.3) is 0 Å². The second kappa shape index (κ2) is 4.66. The van der Waals surface area contributed by atoms with Crippen LogP contribution in [0.4, 0.5) is 0 Å². The summed E-state index contributed by atoms with van der Waals surface area (Å²) in [5.74, 6) is -0.0790. The minimum Gasteiger partial charge on any atom is -0.352 e. The molecule has 1 fully saturated rings. The zero-order chi connectivity index (χ0) is 12.6. The number of hydrogen-bond donors (Lipinski definition) is 1. The zero-order valence-electron chi connectivity index (χ0n) is 10.8. The SMILES string of the molecule is N#C[C@@H]1C(=S)NC2=C(CCCC2)C12CCCCC2. The minimum absolute atomic E-state index is 0.0790. The Balaban J connectivity index is 2.08. The predicted molar refractivity (Wildman–Crippen MR) is 75.8 cm³/mol. The molecule has 0 unspecified atom stereocenters. The molecule has 2 nitrogen and oxygen atoms in total. The van der Waals surface area contributed by atoms with E-state index in [0.29, 0.717) is 0 Å². The minimum atomic E-state index is -0.0790. The second-order valence-corrected chi connectivity index (χ2v) is 6.37. The Morgan fingerprint density at radius 1 is 1.11 bits per heavy atom. The maximum Gasteiger partial charge on any atom is 0.106 e. The molecule has 96 valence electrons. The van der Waals surface area contributed by atoms with Crippen molar-refractivity contribution in [2.75, 3.05) is 0 Å². The number of allylic oxidation sites excluding steroid dienone is 2. The lowest BCUT2D eigenvalue weighted by Crippen LogP contribution is -2.49. The van der Waals surface area contributed by atoms with E-state index in [-0.39, 0.29) is 11.3 Å². The van der Waals surface area contributed by atoms with Crippen LogP contribution >= 0.6 is 12.2 Å². The van der Waals surface area contributed by atoms with Gasteiger partial charge in [-0.05, 0) is 44.1 Å². The molecule has 2 aliphatic carbocycles. The standard InChI is InChI=1S/C15H20N2S/c16-10-12-14(18)17-13-7-3-2-6-11(13)15(12)8-4-1-5-9-15/h12H,1-9H2,(H,17,18)/t12-/m1/s1. The van der Waals surface area contributed by atoms with E-state index in [0.717, 1.165) is 11.4 Å². The van der Waals surface area contributed by atoms with Crippen LogP contribution in [0, 0.1) is 22.7 Å². The van der Waals surface area contributed by atoms with Gasteiger partial charge in [0.2, 0.25) is 0 Å². The number of nitrogens with one attached hydrogen (secondary N) is 1. The lowest BCUT2D eigenvalue weighted by molar-refractivity contribution is 0.192. The van der Waals surface area contributed by atoms with Crippen molar-refractivity contribution in [3.63, 3.8) is 0 Å². The average molecular weight is 260 g/mol. The number of nitrogens with zero attached hydrogens (tertiary/aromatic N) is 1. The molecule has 0 bridgehead atoms. The summed E-state index contributed by atoms with van der Waals surface area (Å²) < 4.78 is 0. The maximum atomic E-state index is 9.57. The topological polar surface area (TPSA) is 35.8 Å². The van der Waals surface area contributed by atoms with Crippen LogP contribution < -0.4 is 5.32 Å². The molecular weight excluding hydrogens is 240 g/mol. The van der Waals surface area contributed by atoms with Gasteiger partial charge >= 0.3 is 0 Å². The van der Waals surface area contributed by atoms with Crippen LogP contribution in [0.1, 0.15) is 57.8 Å². The fourth-order valence-electron chi connectivity index (χ4n) is 4.19. The Morgan fingerprint density at radius 3 is 2.56 bits per heavy atom. The highest BCUT2D eigenvalue weighted by Gasteiger charge is 2.49. The van der Waals surface area contributed by atoms with E-state index in [2.05, 4.69) is 11.4 Å². The Morgan fingerprint density at radius 2 is 1.83 bits per heavy atom. The predicted octanol–water partition coefficient (Wildman–Crippen LogP) is 3.84. The van der Waals surface area contributed by atoms with E-state index in [1.807, 2.05) is 0 Å². The van der Waals surface area contributed by atoms with Crippen LogP contribution in [-0.4, -0.2) is 4.99 Å². The van der Waals surface area contributed by atoms with Crippen LogP contribution in [-0.2, 0) is 0 Å². The fourth-order valence-corrected chi connectivity index (χ4v) is 4.60. The normalized spacial score (nSPS) is 30.6. The molecule has 0 aromatic heterocycles. The number of thiocarbonyl (C=S) groups is 1. The molecule has 1 spiro atoms. The van der Waals surface area contributed by atoms with Crippen molar-refractivity contribution in [1.29, 1.82) is 5.26 Å². The molecule has 1 N–H and O–H groups in total. The third-order valence-electron chi connectivity index (χ3n) is 5.03. The van der Waals surface area contributed by atoms with Crippen LogP contribution in [0.5, 0.6) is 0 Å². The van der Waals surface area contributed by atoms with E-state index >= 15 is 0 Å². The Hall–Kier alpha value is -0.880. The summed E-state index contributed by atoms with van der Waals surface area (Å²) in [6.45, 7) is 0. The molecular formula is C15H20N2S. The smallest absolute Gasteiger partial charge is 0.106 e. The number of nitriles is 1. The van der Waals surface area contributed by atoms with Crippen molar-refractivity contribution < 1.29 is 0 Å². The Labute approximate surface area is 114 Å². The van der Waals surface area contributed by atoms with Crippen molar-refractivity contribution >= 4 is 17.2 Å². The van der Waals surface area contributed by atoms with Gasteiger partial charge in [0, 0.05) is 11.1 Å². The molecule has 1 atom stereocenters. The van der Waals surface area contributed by atoms with Crippen molar-refractivity contribution in [1.82, 2.24) is 5.32 Å². The van der Waals surface area contributed by atoms with E-state index < -0.39 is 0 Å². The van der Waals surface area contributed by atoms with Gasteiger partial charge in [-0.2, -0.15) is 5.26 Å². The summed E-state index contributed by atoms with van der Waals surface area (Å²) in [7, 11) is 0. The highest BCUT2D eigenvalue weighted by Crippen LogP contribution is 2.54. The molecule has 0 saturated heterocycles. The highest BCUT2D eigenvalue weighted by molar-refractivity contribution is 7.80. The van der Waals surface area contributed by atoms with Crippen LogP contribution in [0.2, 0.25) is 0 Å². The third-order valence-corrected chi connectivity index (χ3v) is 5.37. The summed E-state index contributed by atoms with van der Waals surface area (Å²) in [5.41, 5.74) is 3.04. The van der Waals surface area contributed by atoms with Crippen LogP contribution in [0.3, 0.4) is 0 Å². The maximum absolute atomic E-state index is 9.57. The highest BCUT2D eigenvalue weighted by atomic mass is 32.1. The molecule has 0 radical (unpaired) electrons. The summed E-state index contributed by atoms with van der Waals surface area (Å²) in [5, 5.41) is 12.9. The summed E-state index contributed by atoms with van der Waals surface area (Å²) in [4.78, 5) is 0.792. The van der Waals surface area contributed by atoms with Gasteiger partial charge in [0.1, 0.15) is 5.92 Å². The first-order valence-electron chi connectivity index (χ1n) is 7.21. The third kappa shape index (κ3) is 1.70.